The molecule has 17 heavy (non-hydrogen) atoms. The molecule has 1 aromatic carbocycles. The van der Waals surface area contributed by atoms with Crippen LogP contribution in [0.1, 0.15) is 5.82 Å². The molecule has 2 aromatic heterocycles. The number of nitrogens with zero attached hydrogens (tertiary/aromatic N) is 1. The van der Waals surface area contributed by atoms with Gasteiger partial charge in [0.2, 0.25) is 0 Å². The van der Waals surface area contributed by atoms with Crippen LogP contribution >= 0.6 is 22.9 Å². The molecule has 5 heteroatoms. The normalized spacial score (nSPS) is 11.1. The van der Waals surface area contributed by atoms with Gasteiger partial charge in [0.05, 0.1) is 5.52 Å². The van der Waals surface area contributed by atoms with E-state index in [0.29, 0.717) is 21.1 Å². The van der Waals surface area contributed by atoms with E-state index in [0.717, 1.165) is 10.1 Å². The second kappa shape index (κ2) is 3.68. The van der Waals surface area contributed by atoms with Crippen LogP contribution in [0.2, 0.25) is 5.02 Å². The van der Waals surface area contributed by atoms with E-state index in [1.165, 1.54) is 17.4 Å². The summed E-state index contributed by atoms with van der Waals surface area (Å²) in [4.78, 5) is 18.9. The Morgan fingerprint density at radius 3 is 3.06 bits per heavy atom. The van der Waals surface area contributed by atoms with Crippen molar-refractivity contribution < 1.29 is 0 Å². The number of hydrogen-bond donors (Lipinski definition) is 1. The molecule has 0 bridgehead atoms. The summed E-state index contributed by atoms with van der Waals surface area (Å²) in [6.45, 7) is 3.61. The average molecular weight is 263 g/mol. The van der Waals surface area contributed by atoms with Crippen LogP contribution < -0.4 is 5.56 Å². The standard InChI is InChI=1S/C12H7ClN2OS/c1-2-9-14-10-7-5-6(13)3-4-8(7)17-11(10)12(16)15-9/h2-5H,1H2,(H,14,15,16). The molecule has 0 spiro atoms. The number of fused-ring (bicyclic) bond motifs is 3. The molecule has 0 fully saturated rings. The van der Waals surface area contributed by atoms with E-state index in [1.807, 2.05) is 18.2 Å². The van der Waals surface area contributed by atoms with Gasteiger partial charge in [-0.15, -0.1) is 11.3 Å². The highest BCUT2D eigenvalue weighted by molar-refractivity contribution is 7.25. The quantitative estimate of drug-likeness (QED) is 0.730. The molecule has 1 N–H and O–H groups in total. The summed E-state index contributed by atoms with van der Waals surface area (Å²) in [5.41, 5.74) is 0.549. The molecule has 0 aliphatic heterocycles. The zero-order valence-corrected chi connectivity index (χ0v) is 10.2. The zero-order chi connectivity index (χ0) is 12.0. The molecular formula is C12H7ClN2OS. The molecule has 0 unspecified atom stereocenters. The van der Waals surface area contributed by atoms with Crippen LogP contribution in [0, 0.1) is 0 Å². The smallest absolute Gasteiger partial charge is 0.269 e. The first-order valence-corrected chi connectivity index (χ1v) is 6.13. The van der Waals surface area contributed by atoms with Gasteiger partial charge in [-0.05, 0) is 24.3 Å². The van der Waals surface area contributed by atoms with Gasteiger partial charge in [-0.25, -0.2) is 4.98 Å². The Hall–Kier alpha value is -1.65. The van der Waals surface area contributed by atoms with Crippen molar-refractivity contribution in [2.24, 2.45) is 0 Å². The van der Waals surface area contributed by atoms with Crippen LogP contribution in [0.25, 0.3) is 26.4 Å². The Balaban J connectivity index is 2.58. The summed E-state index contributed by atoms with van der Waals surface area (Å²) in [7, 11) is 0. The maximum atomic E-state index is 11.8. The van der Waals surface area contributed by atoms with Gasteiger partial charge in [0.15, 0.2) is 0 Å². The van der Waals surface area contributed by atoms with Crippen LogP contribution in [0.4, 0.5) is 0 Å². The van der Waals surface area contributed by atoms with Gasteiger partial charge in [0.25, 0.3) is 5.56 Å². The molecule has 3 rings (SSSR count). The lowest BCUT2D eigenvalue weighted by molar-refractivity contribution is 1.15. The molecule has 0 aliphatic rings. The molecule has 3 nitrogen and oxygen atoms in total. The average Bonchev–Trinajstić information content (AvgIpc) is 2.68. The van der Waals surface area contributed by atoms with Crippen molar-refractivity contribution in [3.63, 3.8) is 0 Å². The number of aromatic amines is 1. The first-order chi connectivity index (χ1) is 8.19. The molecule has 0 radical (unpaired) electrons. The summed E-state index contributed by atoms with van der Waals surface area (Å²) >= 11 is 7.38. The van der Waals surface area contributed by atoms with E-state index in [4.69, 9.17) is 11.6 Å². The number of hydrogen-bond acceptors (Lipinski definition) is 3. The number of thiophene rings is 1. The van der Waals surface area contributed by atoms with Crippen molar-refractivity contribution in [2.75, 3.05) is 0 Å². The first kappa shape index (κ1) is 10.5. The molecular weight excluding hydrogens is 256 g/mol. The summed E-state index contributed by atoms with van der Waals surface area (Å²) in [6.07, 6.45) is 1.52. The zero-order valence-electron chi connectivity index (χ0n) is 8.66. The minimum Gasteiger partial charge on any atom is -0.306 e. The number of nitrogens with one attached hydrogen (secondary N) is 1. The van der Waals surface area contributed by atoms with Crippen LogP contribution in [-0.4, -0.2) is 9.97 Å². The van der Waals surface area contributed by atoms with E-state index >= 15 is 0 Å². The van der Waals surface area contributed by atoms with Gasteiger partial charge in [0, 0.05) is 15.1 Å². The van der Waals surface area contributed by atoms with Crippen molar-refractivity contribution in [3.8, 4) is 0 Å². The van der Waals surface area contributed by atoms with Crippen LogP contribution in [0.15, 0.2) is 29.6 Å². The van der Waals surface area contributed by atoms with Crippen molar-refractivity contribution in [1.82, 2.24) is 9.97 Å². The molecule has 0 atom stereocenters. The Morgan fingerprint density at radius 1 is 1.47 bits per heavy atom. The maximum Gasteiger partial charge on any atom is 0.269 e. The second-order valence-corrected chi connectivity index (χ2v) is 5.06. The summed E-state index contributed by atoms with van der Waals surface area (Å²) < 4.78 is 1.62. The van der Waals surface area contributed by atoms with Crippen LogP contribution in [0.3, 0.4) is 0 Å². The lowest BCUT2D eigenvalue weighted by Gasteiger charge is -1.94. The molecule has 0 aliphatic carbocycles. The van der Waals surface area contributed by atoms with Crippen molar-refractivity contribution in [3.05, 3.63) is 46.0 Å². The van der Waals surface area contributed by atoms with E-state index in [2.05, 4.69) is 16.5 Å². The SMILES string of the molecule is C=Cc1nc2c(sc3ccc(Cl)cc32)c(=O)[nH]1. The summed E-state index contributed by atoms with van der Waals surface area (Å²) in [5.74, 6) is 0.474. The van der Waals surface area contributed by atoms with Crippen molar-refractivity contribution in [1.29, 1.82) is 0 Å². The van der Waals surface area contributed by atoms with Gasteiger partial charge in [0.1, 0.15) is 10.5 Å². The van der Waals surface area contributed by atoms with E-state index in [-0.39, 0.29) is 5.56 Å². The highest BCUT2D eigenvalue weighted by atomic mass is 35.5. The van der Waals surface area contributed by atoms with Gasteiger partial charge in [-0.1, -0.05) is 18.2 Å². The van der Waals surface area contributed by atoms with Crippen LogP contribution in [0.5, 0.6) is 0 Å². The topological polar surface area (TPSA) is 45.8 Å². The van der Waals surface area contributed by atoms with Gasteiger partial charge < -0.3 is 4.98 Å². The second-order valence-electron chi connectivity index (χ2n) is 3.58. The minimum atomic E-state index is -0.137. The summed E-state index contributed by atoms with van der Waals surface area (Å²) in [5, 5.41) is 1.55. The predicted octanol–water partition coefficient (Wildman–Crippen LogP) is 3.43. The summed E-state index contributed by atoms with van der Waals surface area (Å²) in [6, 6.07) is 5.54. The number of halogens is 1. The highest BCUT2D eigenvalue weighted by Crippen LogP contribution is 2.32. The lowest BCUT2D eigenvalue weighted by atomic mass is 10.2. The van der Waals surface area contributed by atoms with E-state index in [1.54, 1.807) is 0 Å². The van der Waals surface area contributed by atoms with E-state index < -0.39 is 0 Å². The predicted molar refractivity (Wildman–Crippen MR) is 72.8 cm³/mol. The number of rotatable bonds is 1. The fourth-order valence-electron chi connectivity index (χ4n) is 1.74. The molecule has 0 saturated carbocycles. The Morgan fingerprint density at radius 2 is 2.29 bits per heavy atom. The third kappa shape index (κ3) is 1.57. The number of H-pyrrole nitrogens is 1. The Bertz CT molecular complexity index is 803. The highest BCUT2D eigenvalue weighted by Gasteiger charge is 2.10. The van der Waals surface area contributed by atoms with Crippen molar-refractivity contribution >= 4 is 49.3 Å². The lowest BCUT2D eigenvalue weighted by Crippen LogP contribution is -2.07. The number of aromatic nitrogens is 2. The fraction of sp³-hybridized carbons (Fsp3) is 0. The third-order valence-electron chi connectivity index (χ3n) is 2.50. The molecule has 2 heterocycles. The third-order valence-corrected chi connectivity index (χ3v) is 3.89. The van der Waals surface area contributed by atoms with Crippen LogP contribution in [-0.2, 0) is 0 Å². The van der Waals surface area contributed by atoms with Gasteiger partial charge in [-0.3, -0.25) is 4.79 Å². The van der Waals surface area contributed by atoms with Crippen molar-refractivity contribution in [2.45, 2.75) is 0 Å². The molecule has 0 amide bonds. The molecule has 0 saturated heterocycles. The van der Waals surface area contributed by atoms with E-state index in [9.17, 15) is 4.79 Å². The monoisotopic (exact) mass is 262 g/mol. The molecule has 3 aromatic rings. The number of benzene rings is 1. The van der Waals surface area contributed by atoms with Gasteiger partial charge in [-0.2, -0.15) is 0 Å². The largest absolute Gasteiger partial charge is 0.306 e. The fourth-order valence-corrected chi connectivity index (χ4v) is 2.93. The minimum absolute atomic E-state index is 0.137. The maximum absolute atomic E-state index is 11.8. The first-order valence-electron chi connectivity index (χ1n) is 4.93. The Kier molecular flexibility index (Phi) is 2.28. The molecule has 84 valence electrons. The Labute approximate surface area is 105 Å². The van der Waals surface area contributed by atoms with Gasteiger partial charge >= 0.3 is 0 Å².